The minimum Gasteiger partial charge on any atom is -0.352 e. The van der Waals surface area contributed by atoms with Crippen LogP contribution in [0.3, 0.4) is 0 Å². The highest BCUT2D eigenvalue weighted by Crippen LogP contribution is 2.13. The molecule has 0 spiro atoms. The molecule has 0 aliphatic rings. The Morgan fingerprint density at radius 1 is 1.44 bits per heavy atom. The summed E-state index contributed by atoms with van der Waals surface area (Å²) >= 11 is 1.96. The molecule has 1 amide bonds. The zero-order valence-electron chi connectivity index (χ0n) is 9.02. The van der Waals surface area contributed by atoms with Crippen molar-refractivity contribution < 1.29 is 9.18 Å². The molecule has 0 unspecified atom stereocenters. The molecule has 16 heavy (non-hydrogen) atoms. The highest BCUT2D eigenvalue weighted by Gasteiger charge is 2.09. The quantitative estimate of drug-likeness (QED) is 0.636. The summed E-state index contributed by atoms with van der Waals surface area (Å²) < 4.78 is 13.4. The minimum absolute atomic E-state index is 0.152. The van der Waals surface area contributed by atoms with Crippen molar-refractivity contribution in [1.29, 1.82) is 0 Å². The molecule has 3 nitrogen and oxygen atoms in total. The first kappa shape index (κ1) is 13.4. The zero-order chi connectivity index (χ0) is 12.0. The number of amides is 1. The molecule has 2 N–H and O–H groups in total. The molecule has 0 radical (unpaired) electrons. The van der Waals surface area contributed by atoms with Gasteiger partial charge in [0, 0.05) is 10.1 Å². The van der Waals surface area contributed by atoms with E-state index in [2.05, 4.69) is 10.6 Å². The van der Waals surface area contributed by atoms with Gasteiger partial charge in [0.15, 0.2) is 0 Å². The average Bonchev–Trinajstić information content (AvgIpc) is 2.24. The molecule has 88 valence electrons. The summed E-state index contributed by atoms with van der Waals surface area (Å²) in [5.74, 6) is -0.475. The number of hydrogen-bond donors (Lipinski definition) is 2. The Hall–Kier alpha value is -0.690. The largest absolute Gasteiger partial charge is 0.352 e. The van der Waals surface area contributed by atoms with Crippen molar-refractivity contribution in [2.45, 2.75) is 6.42 Å². The predicted molar refractivity (Wildman–Crippen MR) is 70.0 cm³/mol. The number of nitrogens with one attached hydrogen (secondary N) is 2. The Labute approximate surface area is 108 Å². The fourth-order valence-electron chi connectivity index (χ4n) is 1.24. The second-order valence-corrected chi connectivity index (χ2v) is 4.50. The number of hydrogen-bond acceptors (Lipinski definition) is 2. The van der Waals surface area contributed by atoms with E-state index in [1.165, 1.54) is 18.2 Å². The van der Waals surface area contributed by atoms with Crippen molar-refractivity contribution in [3.8, 4) is 0 Å². The molecule has 0 atom stereocenters. The highest BCUT2D eigenvalue weighted by molar-refractivity contribution is 14.1. The number of halogens is 2. The van der Waals surface area contributed by atoms with Crippen molar-refractivity contribution in [1.82, 2.24) is 10.6 Å². The molecular weight excluding hydrogens is 322 g/mol. The lowest BCUT2D eigenvalue weighted by Crippen LogP contribution is -2.27. The van der Waals surface area contributed by atoms with Gasteiger partial charge in [0.1, 0.15) is 5.82 Å². The number of carbonyl (C=O) groups excluding carboxylic acids is 1. The van der Waals surface area contributed by atoms with Gasteiger partial charge in [-0.15, -0.1) is 0 Å². The maximum atomic E-state index is 12.8. The van der Waals surface area contributed by atoms with Gasteiger partial charge in [-0.3, -0.25) is 4.79 Å². The van der Waals surface area contributed by atoms with Crippen LogP contribution in [0.25, 0.3) is 0 Å². The lowest BCUT2D eigenvalue weighted by molar-refractivity contribution is 0.0952. The maximum absolute atomic E-state index is 12.8. The molecule has 0 heterocycles. The number of benzene rings is 1. The van der Waals surface area contributed by atoms with Gasteiger partial charge in [0.05, 0.1) is 5.56 Å². The summed E-state index contributed by atoms with van der Waals surface area (Å²) in [4.78, 5) is 11.7. The lowest BCUT2D eigenvalue weighted by Gasteiger charge is -2.06. The van der Waals surface area contributed by atoms with E-state index in [1.54, 1.807) is 0 Å². The Kier molecular flexibility index (Phi) is 5.68. The SMILES string of the molecule is CNCCCNC(=O)c1ccc(F)cc1I. The maximum Gasteiger partial charge on any atom is 0.252 e. The molecule has 0 fully saturated rings. The molecule has 0 saturated carbocycles. The van der Waals surface area contributed by atoms with Crippen LogP contribution in [0.2, 0.25) is 0 Å². The molecule has 1 aromatic carbocycles. The molecular formula is C11H14FIN2O. The van der Waals surface area contributed by atoms with Gasteiger partial charge in [-0.25, -0.2) is 4.39 Å². The summed E-state index contributed by atoms with van der Waals surface area (Å²) in [5.41, 5.74) is 0.520. The third-order valence-electron chi connectivity index (χ3n) is 2.06. The van der Waals surface area contributed by atoms with Crippen LogP contribution < -0.4 is 10.6 Å². The second kappa shape index (κ2) is 6.80. The van der Waals surface area contributed by atoms with Crippen LogP contribution >= 0.6 is 22.6 Å². The Morgan fingerprint density at radius 3 is 2.81 bits per heavy atom. The van der Waals surface area contributed by atoms with Crippen LogP contribution in [-0.4, -0.2) is 26.0 Å². The van der Waals surface area contributed by atoms with Crippen molar-refractivity contribution >= 4 is 28.5 Å². The van der Waals surface area contributed by atoms with E-state index in [0.29, 0.717) is 15.7 Å². The van der Waals surface area contributed by atoms with Gasteiger partial charge in [-0.1, -0.05) is 0 Å². The van der Waals surface area contributed by atoms with E-state index in [-0.39, 0.29) is 11.7 Å². The van der Waals surface area contributed by atoms with E-state index >= 15 is 0 Å². The third kappa shape index (κ3) is 4.05. The molecule has 0 bridgehead atoms. The zero-order valence-corrected chi connectivity index (χ0v) is 11.2. The van der Waals surface area contributed by atoms with Gasteiger partial charge in [0.25, 0.3) is 5.91 Å². The fraction of sp³-hybridized carbons (Fsp3) is 0.364. The Bertz CT molecular complexity index is 371. The van der Waals surface area contributed by atoms with E-state index < -0.39 is 0 Å². The van der Waals surface area contributed by atoms with Crippen LogP contribution in [0.5, 0.6) is 0 Å². The van der Waals surface area contributed by atoms with Crippen LogP contribution in [0, 0.1) is 9.39 Å². The predicted octanol–water partition coefficient (Wildman–Crippen LogP) is 1.77. The first-order chi connectivity index (χ1) is 7.65. The smallest absolute Gasteiger partial charge is 0.252 e. The van der Waals surface area contributed by atoms with Crippen molar-refractivity contribution in [2.75, 3.05) is 20.1 Å². The molecule has 5 heteroatoms. The Balaban J connectivity index is 2.53. The van der Waals surface area contributed by atoms with E-state index in [1.807, 2.05) is 29.6 Å². The molecule has 0 aromatic heterocycles. The number of rotatable bonds is 5. The van der Waals surface area contributed by atoms with E-state index in [4.69, 9.17) is 0 Å². The van der Waals surface area contributed by atoms with Gasteiger partial charge >= 0.3 is 0 Å². The van der Waals surface area contributed by atoms with E-state index in [0.717, 1.165) is 13.0 Å². The molecule has 0 aliphatic carbocycles. The normalized spacial score (nSPS) is 10.2. The molecule has 1 aromatic rings. The fourth-order valence-corrected chi connectivity index (χ4v) is 1.96. The van der Waals surface area contributed by atoms with Crippen molar-refractivity contribution in [2.24, 2.45) is 0 Å². The summed E-state index contributed by atoms with van der Waals surface area (Å²) in [6.45, 7) is 1.48. The van der Waals surface area contributed by atoms with Crippen LogP contribution in [-0.2, 0) is 0 Å². The van der Waals surface area contributed by atoms with Crippen molar-refractivity contribution in [3.63, 3.8) is 0 Å². The van der Waals surface area contributed by atoms with Gasteiger partial charge in [0.2, 0.25) is 0 Å². The topological polar surface area (TPSA) is 41.1 Å². The van der Waals surface area contributed by atoms with Crippen LogP contribution in [0.15, 0.2) is 18.2 Å². The highest BCUT2D eigenvalue weighted by atomic mass is 127. The van der Waals surface area contributed by atoms with Crippen molar-refractivity contribution in [3.05, 3.63) is 33.1 Å². The lowest BCUT2D eigenvalue weighted by atomic mass is 10.2. The first-order valence-electron chi connectivity index (χ1n) is 5.03. The number of carbonyl (C=O) groups is 1. The summed E-state index contributed by atoms with van der Waals surface area (Å²) in [7, 11) is 1.87. The second-order valence-electron chi connectivity index (χ2n) is 3.34. The molecule has 0 aliphatic heterocycles. The first-order valence-corrected chi connectivity index (χ1v) is 6.11. The Morgan fingerprint density at radius 2 is 2.19 bits per heavy atom. The van der Waals surface area contributed by atoms with Gasteiger partial charge in [-0.2, -0.15) is 0 Å². The van der Waals surface area contributed by atoms with Crippen LogP contribution in [0.4, 0.5) is 4.39 Å². The molecule has 1 rings (SSSR count). The standard InChI is InChI=1S/C11H14FIN2O/c1-14-5-2-6-15-11(16)9-4-3-8(12)7-10(9)13/h3-4,7,14H,2,5-6H2,1H3,(H,15,16). The third-order valence-corrected chi connectivity index (χ3v) is 2.96. The molecule has 0 saturated heterocycles. The summed E-state index contributed by atoms with van der Waals surface area (Å²) in [6.07, 6.45) is 0.875. The van der Waals surface area contributed by atoms with Gasteiger partial charge in [-0.05, 0) is 60.8 Å². The monoisotopic (exact) mass is 336 g/mol. The van der Waals surface area contributed by atoms with Gasteiger partial charge < -0.3 is 10.6 Å². The summed E-state index contributed by atoms with van der Waals surface area (Å²) in [5, 5.41) is 5.79. The summed E-state index contributed by atoms with van der Waals surface area (Å²) in [6, 6.07) is 4.15. The minimum atomic E-state index is -0.323. The van der Waals surface area contributed by atoms with E-state index in [9.17, 15) is 9.18 Å². The van der Waals surface area contributed by atoms with Crippen LogP contribution in [0.1, 0.15) is 16.8 Å². The average molecular weight is 336 g/mol.